The van der Waals surface area contributed by atoms with Gasteiger partial charge in [0.1, 0.15) is 0 Å². The van der Waals surface area contributed by atoms with Crippen LogP contribution < -0.4 is 0 Å². The number of hydrogen-bond donors (Lipinski definition) is 0. The number of rotatable bonds is 2. The third kappa shape index (κ3) is 2.20. The number of carbonyl (C=O) groups excluding carboxylic acids is 3. The van der Waals surface area contributed by atoms with Gasteiger partial charge < -0.3 is 9.47 Å². The SMILES string of the molecule is COC(=O)C1(C(=O)OC)CC(=O)c2c(ccc3ccccc23)C1. The molecular weight excluding hydrogens is 296 g/mol. The standard InChI is InChI=1S/C18H16O5/c1-22-16(20)18(17(21)23-2)9-12-8-7-11-5-3-4-6-13(11)15(12)14(19)10-18/h3-8H,9-10H2,1-2H3. The molecule has 0 aliphatic heterocycles. The molecule has 0 aromatic heterocycles. The van der Waals surface area contributed by atoms with Crippen molar-refractivity contribution in [1.82, 2.24) is 0 Å². The summed E-state index contributed by atoms with van der Waals surface area (Å²) in [5.74, 6) is -1.73. The average Bonchev–Trinajstić information content (AvgIpc) is 2.59. The molecule has 0 saturated heterocycles. The van der Waals surface area contributed by atoms with E-state index in [1.807, 2.05) is 30.3 Å². The van der Waals surface area contributed by atoms with E-state index >= 15 is 0 Å². The molecule has 23 heavy (non-hydrogen) atoms. The second-order valence-corrected chi connectivity index (χ2v) is 5.66. The van der Waals surface area contributed by atoms with Crippen molar-refractivity contribution in [3.63, 3.8) is 0 Å². The van der Waals surface area contributed by atoms with E-state index in [2.05, 4.69) is 0 Å². The molecule has 2 aromatic carbocycles. The zero-order valence-electron chi connectivity index (χ0n) is 12.9. The molecule has 5 heteroatoms. The molecule has 0 heterocycles. The van der Waals surface area contributed by atoms with E-state index in [-0.39, 0.29) is 18.6 Å². The van der Waals surface area contributed by atoms with Crippen molar-refractivity contribution in [2.24, 2.45) is 5.41 Å². The second-order valence-electron chi connectivity index (χ2n) is 5.66. The minimum Gasteiger partial charge on any atom is -0.468 e. The predicted octanol–water partition coefficient (Wildman–Crippen LogP) is 2.30. The molecule has 0 amide bonds. The third-order valence-electron chi connectivity index (χ3n) is 4.40. The summed E-state index contributed by atoms with van der Waals surface area (Å²) < 4.78 is 9.55. The maximum Gasteiger partial charge on any atom is 0.324 e. The van der Waals surface area contributed by atoms with Gasteiger partial charge in [0, 0.05) is 18.4 Å². The number of esters is 2. The first kappa shape index (κ1) is 15.2. The summed E-state index contributed by atoms with van der Waals surface area (Å²) in [6.07, 6.45) is -0.147. The fourth-order valence-corrected chi connectivity index (χ4v) is 3.31. The highest BCUT2D eigenvalue weighted by Crippen LogP contribution is 2.40. The Kier molecular flexibility index (Phi) is 3.64. The van der Waals surface area contributed by atoms with Crippen LogP contribution in [-0.2, 0) is 25.5 Å². The highest BCUT2D eigenvalue weighted by molar-refractivity contribution is 6.15. The van der Waals surface area contributed by atoms with Crippen molar-refractivity contribution in [3.8, 4) is 0 Å². The van der Waals surface area contributed by atoms with Gasteiger partial charge in [-0.3, -0.25) is 14.4 Å². The smallest absolute Gasteiger partial charge is 0.324 e. The van der Waals surface area contributed by atoms with Gasteiger partial charge in [-0.15, -0.1) is 0 Å². The second kappa shape index (κ2) is 5.50. The lowest BCUT2D eigenvalue weighted by Crippen LogP contribution is -2.47. The molecule has 0 spiro atoms. The van der Waals surface area contributed by atoms with Crippen molar-refractivity contribution >= 4 is 28.5 Å². The number of carbonyl (C=O) groups is 3. The number of ether oxygens (including phenoxy) is 2. The van der Waals surface area contributed by atoms with E-state index in [4.69, 9.17) is 9.47 Å². The van der Waals surface area contributed by atoms with Crippen molar-refractivity contribution < 1.29 is 23.9 Å². The van der Waals surface area contributed by atoms with E-state index in [1.165, 1.54) is 14.2 Å². The monoisotopic (exact) mass is 312 g/mol. The number of methoxy groups -OCH3 is 2. The van der Waals surface area contributed by atoms with Crippen LogP contribution in [0.3, 0.4) is 0 Å². The molecule has 1 aliphatic rings. The van der Waals surface area contributed by atoms with Gasteiger partial charge in [-0.05, 0) is 16.3 Å². The van der Waals surface area contributed by atoms with E-state index in [0.717, 1.165) is 10.8 Å². The molecule has 118 valence electrons. The molecule has 0 radical (unpaired) electrons. The zero-order chi connectivity index (χ0) is 16.6. The molecule has 0 unspecified atom stereocenters. The van der Waals surface area contributed by atoms with Crippen LogP contribution in [0.4, 0.5) is 0 Å². The lowest BCUT2D eigenvalue weighted by molar-refractivity contribution is -0.169. The average molecular weight is 312 g/mol. The first-order chi connectivity index (χ1) is 11.0. The van der Waals surface area contributed by atoms with Crippen LogP contribution in [0.25, 0.3) is 10.8 Å². The molecule has 3 rings (SSSR count). The Morgan fingerprint density at radius 1 is 0.957 bits per heavy atom. The lowest BCUT2D eigenvalue weighted by Gasteiger charge is -2.32. The third-order valence-corrected chi connectivity index (χ3v) is 4.40. The fraction of sp³-hybridized carbons (Fsp3) is 0.278. The number of benzene rings is 2. The molecule has 0 atom stereocenters. The van der Waals surface area contributed by atoms with Gasteiger partial charge in [-0.1, -0.05) is 36.4 Å². The number of ketones is 1. The minimum absolute atomic E-state index is 0.0955. The highest BCUT2D eigenvalue weighted by atomic mass is 16.5. The Morgan fingerprint density at radius 3 is 2.26 bits per heavy atom. The summed E-state index contributed by atoms with van der Waals surface area (Å²) in [5.41, 5.74) is -0.363. The van der Waals surface area contributed by atoms with E-state index in [9.17, 15) is 14.4 Å². The maximum atomic E-state index is 12.7. The van der Waals surface area contributed by atoms with Gasteiger partial charge in [0.05, 0.1) is 14.2 Å². The van der Waals surface area contributed by atoms with Gasteiger partial charge in [0.15, 0.2) is 11.2 Å². The summed E-state index contributed by atoms with van der Waals surface area (Å²) in [4.78, 5) is 37.2. The largest absolute Gasteiger partial charge is 0.468 e. The highest BCUT2D eigenvalue weighted by Gasteiger charge is 2.53. The summed E-state index contributed by atoms with van der Waals surface area (Å²) in [7, 11) is 2.40. The van der Waals surface area contributed by atoms with Crippen LogP contribution in [0.1, 0.15) is 22.3 Å². The Balaban J connectivity index is 2.20. The Hall–Kier alpha value is -2.69. The Labute approximate surface area is 133 Å². The number of hydrogen-bond acceptors (Lipinski definition) is 5. The molecule has 0 bridgehead atoms. The Morgan fingerprint density at radius 2 is 1.61 bits per heavy atom. The molecule has 1 aliphatic carbocycles. The molecular formula is C18H16O5. The van der Waals surface area contributed by atoms with Crippen LogP contribution in [0, 0.1) is 5.41 Å². The van der Waals surface area contributed by atoms with Gasteiger partial charge in [-0.2, -0.15) is 0 Å². The molecule has 0 saturated carbocycles. The molecule has 5 nitrogen and oxygen atoms in total. The van der Waals surface area contributed by atoms with E-state index < -0.39 is 17.4 Å². The fourth-order valence-electron chi connectivity index (χ4n) is 3.31. The van der Waals surface area contributed by atoms with Crippen molar-refractivity contribution in [2.45, 2.75) is 12.8 Å². The van der Waals surface area contributed by atoms with Crippen molar-refractivity contribution in [1.29, 1.82) is 0 Å². The normalized spacial score (nSPS) is 15.8. The van der Waals surface area contributed by atoms with Crippen LogP contribution in [0.5, 0.6) is 0 Å². The van der Waals surface area contributed by atoms with Gasteiger partial charge >= 0.3 is 11.9 Å². The predicted molar refractivity (Wildman–Crippen MR) is 83.1 cm³/mol. The maximum absolute atomic E-state index is 12.7. The van der Waals surface area contributed by atoms with Gasteiger partial charge in [-0.25, -0.2) is 0 Å². The van der Waals surface area contributed by atoms with E-state index in [0.29, 0.717) is 11.1 Å². The molecule has 2 aromatic rings. The quantitative estimate of drug-likeness (QED) is 0.628. The summed E-state index contributed by atoms with van der Waals surface area (Å²) in [5, 5.41) is 1.78. The van der Waals surface area contributed by atoms with Crippen molar-refractivity contribution in [3.05, 3.63) is 47.5 Å². The topological polar surface area (TPSA) is 69.7 Å². The number of fused-ring (bicyclic) bond motifs is 3. The van der Waals surface area contributed by atoms with Crippen LogP contribution in [0.2, 0.25) is 0 Å². The van der Waals surface area contributed by atoms with Crippen molar-refractivity contribution in [2.75, 3.05) is 14.2 Å². The zero-order valence-corrected chi connectivity index (χ0v) is 12.9. The molecule has 0 N–H and O–H groups in total. The molecule has 0 fully saturated rings. The first-order valence-corrected chi connectivity index (χ1v) is 7.24. The van der Waals surface area contributed by atoms with Crippen LogP contribution >= 0.6 is 0 Å². The summed E-state index contributed by atoms with van der Waals surface area (Å²) in [6, 6.07) is 11.2. The lowest BCUT2D eigenvalue weighted by atomic mass is 9.70. The summed E-state index contributed by atoms with van der Waals surface area (Å²) in [6.45, 7) is 0. The van der Waals surface area contributed by atoms with E-state index in [1.54, 1.807) is 6.07 Å². The van der Waals surface area contributed by atoms with Crippen LogP contribution in [0.15, 0.2) is 36.4 Å². The first-order valence-electron chi connectivity index (χ1n) is 7.24. The Bertz CT molecular complexity index is 805. The minimum atomic E-state index is -1.60. The summed E-state index contributed by atoms with van der Waals surface area (Å²) >= 11 is 0. The number of Topliss-reactive ketones (excluding diaryl/α,β-unsaturated/α-hetero) is 1. The van der Waals surface area contributed by atoms with Gasteiger partial charge in [0.25, 0.3) is 0 Å². The van der Waals surface area contributed by atoms with Crippen LogP contribution in [-0.4, -0.2) is 31.9 Å². The van der Waals surface area contributed by atoms with Gasteiger partial charge in [0.2, 0.25) is 0 Å².